The van der Waals surface area contributed by atoms with Gasteiger partial charge in [0, 0.05) is 6.61 Å². The van der Waals surface area contributed by atoms with Crippen LogP contribution in [0.5, 0.6) is 0 Å². The molecule has 86 valence electrons. The SMILES string of the molecule is CC1CC(C)(C)CC1(C#N)OCCCO. The summed E-state index contributed by atoms with van der Waals surface area (Å²) in [6.45, 7) is 7.04. The number of nitriles is 1. The summed E-state index contributed by atoms with van der Waals surface area (Å²) in [7, 11) is 0. The summed E-state index contributed by atoms with van der Waals surface area (Å²) in [6.07, 6.45) is 2.43. The van der Waals surface area contributed by atoms with Crippen molar-refractivity contribution in [2.24, 2.45) is 11.3 Å². The first kappa shape index (κ1) is 12.5. The molecule has 3 heteroatoms. The molecule has 1 rings (SSSR count). The number of rotatable bonds is 4. The maximum atomic E-state index is 9.28. The monoisotopic (exact) mass is 211 g/mol. The molecular formula is C12H21NO2. The molecule has 0 saturated heterocycles. The fourth-order valence-corrected chi connectivity index (χ4v) is 2.65. The van der Waals surface area contributed by atoms with Crippen LogP contribution in [0.2, 0.25) is 0 Å². The maximum Gasteiger partial charge on any atom is 0.157 e. The van der Waals surface area contributed by atoms with Crippen LogP contribution in [0.3, 0.4) is 0 Å². The fourth-order valence-electron chi connectivity index (χ4n) is 2.65. The summed E-state index contributed by atoms with van der Waals surface area (Å²) in [6, 6.07) is 2.34. The third kappa shape index (κ3) is 2.70. The number of hydrogen-bond donors (Lipinski definition) is 1. The van der Waals surface area contributed by atoms with Crippen molar-refractivity contribution in [3.05, 3.63) is 0 Å². The molecule has 2 atom stereocenters. The highest BCUT2D eigenvalue weighted by molar-refractivity contribution is 5.12. The smallest absolute Gasteiger partial charge is 0.157 e. The van der Waals surface area contributed by atoms with Gasteiger partial charge in [0.15, 0.2) is 5.60 Å². The Morgan fingerprint density at radius 2 is 2.20 bits per heavy atom. The third-order valence-corrected chi connectivity index (χ3v) is 3.25. The second-order valence-corrected chi connectivity index (χ2v) is 5.37. The lowest BCUT2D eigenvalue weighted by Gasteiger charge is -2.27. The van der Waals surface area contributed by atoms with Crippen LogP contribution >= 0.6 is 0 Å². The Labute approximate surface area is 92.0 Å². The molecule has 1 fully saturated rings. The molecule has 0 amide bonds. The average Bonchev–Trinajstić information content (AvgIpc) is 2.37. The quantitative estimate of drug-likeness (QED) is 0.724. The highest BCUT2D eigenvalue weighted by atomic mass is 16.5. The van der Waals surface area contributed by atoms with E-state index in [4.69, 9.17) is 9.84 Å². The molecule has 1 saturated carbocycles. The van der Waals surface area contributed by atoms with E-state index in [1.54, 1.807) is 0 Å². The number of nitrogens with zero attached hydrogens (tertiary/aromatic N) is 1. The number of ether oxygens (including phenoxy) is 1. The van der Waals surface area contributed by atoms with Crippen molar-refractivity contribution in [2.45, 2.75) is 45.6 Å². The molecular weight excluding hydrogens is 190 g/mol. The topological polar surface area (TPSA) is 53.2 Å². The molecule has 1 aliphatic carbocycles. The minimum Gasteiger partial charge on any atom is -0.396 e. The molecule has 0 bridgehead atoms. The highest BCUT2D eigenvalue weighted by Gasteiger charge is 2.50. The molecule has 0 aliphatic heterocycles. The van der Waals surface area contributed by atoms with Crippen molar-refractivity contribution >= 4 is 0 Å². The lowest BCUT2D eigenvalue weighted by Crippen LogP contribution is -2.34. The van der Waals surface area contributed by atoms with E-state index in [1.807, 2.05) is 0 Å². The van der Waals surface area contributed by atoms with Crippen LogP contribution in [0.25, 0.3) is 0 Å². The molecule has 3 nitrogen and oxygen atoms in total. The van der Waals surface area contributed by atoms with Crippen molar-refractivity contribution < 1.29 is 9.84 Å². The van der Waals surface area contributed by atoms with Crippen LogP contribution in [-0.2, 0) is 4.74 Å². The third-order valence-electron chi connectivity index (χ3n) is 3.25. The molecule has 2 unspecified atom stereocenters. The first-order valence-electron chi connectivity index (χ1n) is 5.62. The van der Waals surface area contributed by atoms with Crippen molar-refractivity contribution in [3.8, 4) is 6.07 Å². The zero-order chi connectivity index (χ0) is 11.5. The van der Waals surface area contributed by atoms with Crippen LogP contribution < -0.4 is 0 Å². The van der Waals surface area contributed by atoms with E-state index < -0.39 is 5.60 Å². The molecule has 0 aromatic rings. The Hall–Kier alpha value is -0.590. The van der Waals surface area contributed by atoms with Gasteiger partial charge >= 0.3 is 0 Å². The first-order chi connectivity index (χ1) is 6.96. The predicted molar refractivity (Wildman–Crippen MR) is 58.2 cm³/mol. The van der Waals surface area contributed by atoms with E-state index in [0.29, 0.717) is 13.0 Å². The van der Waals surface area contributed by atoms with Crippen molar-refractivity contribution in [2.75, 3.05) is 13.2 Å². The van der Waals surface area contributed by atoms with E-state index in [1.165, 1.54) is 0 Å². The van der Waals surface area contributed by atoms with Gasteiger partial charge in [0.2, 0.25) is 0 Å². The number of aliphatic hydroxyl groups is 1. The first-order valence-corrected chi connectivity index (χ1v) is 5.62. The van der Waals surface area contributed by atoms with Gasteiger partial charge in [-0.3, -0.25) is 0 Å². The Morgan fingerprint density at radius 3 is 2.60 bits per heavy atom. The predicted octanol–water partition coefficient (Wildman–Crippen LogP) is 2.10. The van der Waals surface area contributed by atoms with Gasteiger partial charge < -0.3 is 9.84 Å². The Morgan fingerprint density at radius 1 is 1.53 bits per heavy atom. The largest absolute Gasteiger partial charge is 0.396 e. The van der Waals surface area contributed by atoms with Gasteiger partial charge in [0.25, 0.3) is 0 Å². The van der Waals surface area contributed by atoms with Gasteiger partial charge in [-0.05, 0) is 30.6 Å². The van der Waals surface area contributed by atoms with Crippen LogP contribution in [0.4, 0.5) is 0 Å². The molecule has 0 aromatic heterocycles. The maximum absolute atomic E-state index is 9.28. The van der Waals surface area contributed by atoms with E-state index >= 15 is 0 Å². The second-order valence-electron chi connectivity index (χ2n) is 5.37. The summed E-state index contributed by atoms with van der Waals surface area (Å²) in [5, 5.41) is 18.0. The molecule has 15 heavy (non-hydrogen) atoms. The zero-order valence-corrected chi connectivity index (χ0v) is 9.92. The highest BCUT2D eigenvalue weighted by Crippen LogP contribution is 2.49. The Balaban J connectivity index is 2.65. The Bertz CT molecular complexity index is 257. The van der Waals surface area contributed by atoms with Gasteiger partial charge in [0.1, 0.15) is 0 Å². The van der Waals surface area contributed by atoms with Gasteiger partial charge in [-0.15, -0.1) is 0 Å². The zero-order valence-electron chi connectivity index (χ0n) is 9.92. The molecule has 1 N–H and O–H groups in total. The normalized spacial score (nSPS) is 33.9. The summed E-state index contributed by atoms with van der Waals surface area (Å²) >= 11 is 0. The van der Waals surface area contributed by atoms with Crippen LogP contribution in [0.15, 0.2) is 0 Å². The summed E-state index contributed by atoms with van der Waals surface area (Å²) in [4.78, 5) is 0. The van der Waals surface area contributed by atoms with Crippen LogP contribution in [0.1, 0.15) is 40.0 Å². The van der Waals surface area contributed by atoms with E-state index in [2.05, 4.69) is 26.8 Å². The average molecular weight is 211 g/mol. The number of hydrogen-bond acceptors (Lipinski definition) is 3. The van der Waals surface area contributed by atoms with Gasteiger partial charge in [-0.2, -0.15) is 5.26 Å². The molecule has 1 aliphatic rings. The molecule has 0 aromatic carbocycles. The lowest BCUT2D eigenvalue weighted by atomic mass is 9.89. The van der Waals surface area contributed by atoms with E-state index in [-0.39, 0.29) is 17.9 Å². The van der Waals surface area contributed by atoms with Gasteiger partial charge in [-0.25, -0.2) is 0 Å². The standard InChI is InChI=1S/C12H21NO2/c1-10-7-11(2,3)8-12(10,9-13)15-6-4-5-14/h10,14H,4-8H2,1-3H3. The number of aliphatic hydroxyl groups excluding tert-OH is 1. The Kier molecular flexibility index (Phi) is 3.75. The fraction of sp³-hybridized carbons (Fsp3) is 0.917. The summed E-state index contributed by atoms with van der Waals surface area (Å²) < 4.78 is 5.71. The second kappa shape index (κ2) is 4.51. The summed E-state index contributed by atoms with van der Waals surface area (Å²) in [5.74, 6) is 0.274. The molecule has 0 spiro atoms. The van der Waals surface area contributed by atoms with Crippen molar-refractivity contribution in [3.63, 3.8) is 0 Å². The van der Waals surface area contributed by atoms with Crippen LogP contribution in [0, 0.1) is 22.7 Å². The van der Waals surface area contributed by atoms with E-state index in [9.17, 15) is 5.26 Å². The molecule has 0 heterocycles. The van der Waals surface area contributed by atoms with Crippen LogP contribution in [-0.4, -0.2) is 23.9 Å². The minimum absolute atomic E-state index is 0.124. The van der Waals surface area contributed by atoms with Gasteiger partial charge in [-0.1, -0.05) is 20.8 Å². The summed E-state index contributed by atoms with van der Waals surface area (Å²) in [5.41, 5.74) is -0.437. The van der Waals surface area contributed by atoms with E-state index in [0.717, 1.165) is 12.8 Å². The van der Waals surface area contributed by atoms with Crippen molar-refractivity contribution in [1.29, 1.82) is 5.26 Å². The lowest BCUT2D eigenvalue weighted by molar-refractivity contribution is -0.0329. The van der Waals surface area contributed by atoms with Crippen molar-refractivity contribution in [1.82, 2.24) is 0 Å². The molecule has 0 radical (unpaired) electrons. The minimum atomic E-state index is -0.626. The van der Waals surface area contributed by atoms with Gasteiger partial charge in [0.05, 0.1) is 12.7 Å².